The third-order valence-electron chi connectivity index (χ3n) is 3.53. The molecule has 0 unspecified atom stereocenters. The fourth-order valence-corrected chi connectivity index (χ4v) is 2.14. The largest absolute Gasteiger partial charge is 0.508 e. The zero-order valence-corrected chi connectivity index (χ0v) is 10.4. The van der Waals surface area contributed by atoms with Gasteiger partial charge >= 0.3 is 0 Å². The maximum Gasteiger partial charge on any atom is 0.253 e. The Kier molecular flexibility index (Phi) is 3.36. The Morgan fingerprint density at radius 1 is 1.35 bits per heavy atom. The van der Waals surface area contributed by atoms with Gasteiger partial charge in [-0.3, -0.25) is 4.79 Å². The number of likely N-dealkylation sites (tertiary alicyclic amines) is 1. The predicted octanol–water partition coefficient (Wildman–Crippen LogP) is 2.57. The summed E-state index contributed by atoms with van der Waals surface area (Å²) in [6.45, 7) is 5.70. The molecule has 2 rings (SSSR count). The van der Waals surface area contributed by atoms with Gasteiger partial charge in [0.05, 0.1) is 0 Å². The number of rotatable bonds is 1. The summed E-state index contributed by atoms with van der Waals surface area (Å²) in [7, 11) is 0. The van der Waals surface area contributed by atoms with Gasteiger partial charge in [0.15, 0.2) is 0 Å². The smallest absolute Gasteiger partial charge is 0.253 e. The van der Waals surface area contributed by atoms with Gasteiger partial charge in [-0.2, -0.15) is 0 Å². The first-order valence-electron chi connectivity index (χ1n) is 6.17. The molecule has 1 aliphatic rings. The molecule has 1 aromatic rings. The Morgan fingerprint density at radius 2 is 2.00 bits per heavy atom. The summed E-state index contributed by atoms with van der Waals surface area (Å²) in [5.74, 6) is 0.943. The monoisotopic (exact) mass is 233 g/mol. The number of aromatic hydroxyl groups is 1. The molecule has 17 heavy (non-hydrogen) atoms. The quantitative estimate of drug-likeness (QED) is 0.810. The van der Waals surface area contributed by atoms with Crippen LogP contribution >= 0.6 is 0 Å². The second-order valence-electron chi connectivity index (χ2n) is 4.98. The van der Waals surface area contributed by atoms with Crippen molar-refractivity contribution in [2.45, 2.75) is 26.7 Å². The third kappa shape index (κ3) is 2.60. The fourth-order valence-electron chi connectivity index (χ4n) is 2.14. The van der Waals surface area contributed by atoms with Gasteiger partial charge in [-0.15, -0.1) is 0 Å². The van der Waals surface area contributed by atoms with E-state index < -0.39 is 0 Å². The fraction of sp³-hybridized carbons (Fsp3) is 0.500. The van der Waals surface area contributed by atoms with Gasteiger partial charge in [-0.1, -0.05) is 13.0 Å². The van der Waals surface area contributed by atoms with Crippen molar-refractivity contribution in [1.29, 1.82) is 0 Å². The summed E-state index contributed by atoms with van der Waals surface area (Å²) in [4.78, 5) is 14.1. The second-order valence-corrected chi connectivity index (χ2v) is 4.98. The molecule has 0 spiro atoms. The maximum absolute atomic E-state index is 12.2. The lowest BCUT2D eigenvalue weighted by Crippen LogP contribution is -2.37. The first-order chi connectivity index (χ1) is 8.08. The van der Waals surface area contributed by atoms with E-state index in [0.717, 1.165) is 31.5 Å². The number of amides is 1. The molecule has 1 fully saturated rings. The van der Waals surface area contributed by atoms with E-state index in [1.54, 1.807) is 18.2 Å². The molecule has 92 valence electrons. The molecule has 1 aromatic carbocycles. The van der Waals surface area contributed by atoms with E-state index in [4.69, 9.17) is 0 Å². The van der Waals surface area contributed by atoms with Crippen LogP contribution in [0.5, 0.6) is 5.75 Å². The van der Waals surface area contributed by atoms with E-state index in [9.17, 15) is 9.90 Å². The second kappa shape index (κ2) is 4.78. The number of phenolic OH excluding ortho intramolecular Hbond substituents is 1. The van der Waals surface area contributed by atoms with Crippen molar-refractivity contribution in [2.24, 2.45) is 5.92 Å². The van der Waals surface area contributed by atoms with Crippen LogP contribution in [0.2, 0.25) is 0 Å². The van der Waals surface area contributed by atoms with Crippen LogP contribution in [0, 0.1) is 12.8 Å². The highest BCUT2D eigenvalue weighted by Crippen LogP contribution is 2.21. The van der Waals surface area contributed by atoms with Gasteiger partial charge in [0.25, 0.3) is 5.91 Å². The number of carbonyl (C=O) groups excluding carboxylic acids is 1. The average Bonchev–Trinajstić information content (AvgIpc) is 2.33. The standard InChI is InChI=1S/C14H19NO2/c1-10-5-7-15(8-6-10)14(17)12-4-3-11(2)13(16)9-12/h3-4,9-10,16H,5-8H2,1-2H3. The van der Waals surface area contributed by atoms with Crippen LogP contribution in [0.3, 0.4) is 0 Å². The van der Waals surface area contributed by atoms with E-state index in [-0.39, 0.29) is 11.7 Å². The van der Waals surface area contributed by atoms with E-state index in [0.29, 0.717) is 11.5 Å². The molecule has 0 aliphatic carbocycles. The molecule has 1 heterocycles. The summed E-state index contributed by atoms with van der Waals surface area (Å²) in [5, 5.41) is 9.62. The number of piperidine rings is 1. The summed E-state index contributed by atoms with van der Waals surface area (Å²) >= 11 is 0. The van der Waals surface area contributed by atoms with Crippen molar-refractivity contribution in [2.75, 3.05) is 13.1 Å². The minimum Gasteiger partial charge on any atom is -0.508 e. The van der Waals surface area contributed by atoms with Crippen molar-refractivity contribution in [3.05, 3.63) is 29.3 Å². The van der Waals surface area contributed by atoms with Crippen molar-refractivity contribution in [1.82, 2.24) is 4.90 Å². The van der Waals surface area contributed by atoms with Crippen molar-refractivity contribution < 1.29 is 9.90 Å². The normalized spacial score (nSPS) is 17.2. The minimum atomic E-state index is 0.0344. The van der Waals surface area contributed by atoms with Gasteiger partial charge < -0.3 is 10.0 Å². The summed E-state index contributed by atoms with van der Waals surface area (Å²) in [6, 6.07) is 5.14. The SMILES string of the molecule is Cc1ccc(C(=O)N2CCC(C)CC2)cc1O. The number of aryl methyl sites for hydroxylation is 1. The number of phenols is 1. The Hall–Kier alpha value is -1.51. The minimum absolute atomic E-state index is 0.0344. The molecule has 1 N–H and O–H groups in total. The molecule has 3 nitrogen and oxygen atoms in total. The van der Waals surface area contributed by atoms with E-state index in [1.165, 1.54) is 0 Å². The van der Waals surface area contributed by atoms with Crippen LogP contribution < -0.4 is 0 Å². The van der Waals surface area contributed by atoms with Crippen LogP contribution in [-0.2, 0) is 0 Å². The lowest BCUT2D eigenvalue weighted by molar-refractivity contribution is 0.0697. The van der Waals surface area contributed by atoms with Crippen molar-refractivity contribution in [3.8, 4) is 5.75 Å². The molecular formula is C14H19NO2. The highest BCUT2D eigenvalue weighted by molar-refractivity contribution is 5.94. The van der Waals surface area contributed by atoms with E-state index >= 15 is 0 Å². The molecule has 0 atom stereocenters. The lowest BCUT2D eigenvalue weighted by Gasteiger charge is -2.30. The lowest BCUT2D eigenvalue weighted by atomic mass is 9.98. The number of benzene rings is 1. The highest BCUT2D eigenvalue weighted by atomic mass is 16.3. The van der Waals surface area contributed by atoms with Gasteiger partial charge in [0, 0.05) is 18.7 Å². The molecule has 1 aliphatic heterocycles. The van der Waals surface area contributed by atoms with Gasteiger partial charge in [-0.25, -0.2) is 0 Å². The molecule has 0 bridgehead atoms. The molecule has 1 saturated heterocycles. The molecule has 0 saturated carbocycles. The molecule has 3 heteroatoms. The molecule has 0 radical (unpaired) electrons. The Bertz CT molecular complexity index is 420. The van der Waals surface area contributed by atoms with E-state index in [1.807, 2.05) is 11.8 Å². The average molecular weight is 233 g/mol. The highest BCUT2D eigenvalue weighted by Gasteiger charge is 2.21. The Labute approximate surface area is 102 Å². The first kappa shape index (κ1) is 12.0. The van der Waals surface area contributed by atoms with E-state index in [2.05, 4.69) is 6.92 Å². The number of carbonyl (C=O) groups is 1. The van der Waals surface area contributed by atoms with Crippen LogP contribution in [0.1, 0.15) is 35.7 Å². The summed E-state index contributed by atoms with van der Waals surface area (Å²) < 4.78 is 0. The predicted molar refractivity (Wildman–Crippen MR) is 67.1 cm³/mol. The Balaban J connectivity index is 2.11. The zero-order chi connectivity index (χ0) is 12.4. The number of nitrogens with zero attached hydrogens (tertiary/aromatic N) is 1. The van der Waals surface area contributed by atoms with Gasteiger partial charge in [-0.05, 0) is 43.4 Å². The van der Waals surface area contributed by atoms with Crippen LogP contribution in [0.4, 0.5) is 0 Å². The van der Waals surface area contributed by atoms with Crippen LogP contribution in [0.25, 0.3) is 0 Å². The number of hydrogen-bond acceptors (Lipinski definition) is 2. The summed E-state index contributed by atoms with van der Waals surface area (Å²) in [5.41, 5.74) is 1.39. The topological polar surface area (TPSA) is 40.5 Å². The maximum atomic E-state index is 12.2. The van der Waals surface area contributed by atoms with Gasteiger partial charge in [0.2, 0.25) is 0 Å². The first-order valence-corrected chi connectivity index (χ1v) is 6.17. The van der Waals surface area contributed by atoms with Gasteiger partial charge in [0.1, 0.15) is 5.75 Å². The van der Waals surface area contributed by atoms with Crippen LogP contribution in [-0.4, -0.2) is 29.0 Å². The third-order valence-corrected chi connectivity index (χ3v) is 3.53. The summed E-state index contributed by atoms with van der Waals surface area (Å²) in [6.07, 6.45) is 2.15. The Morgan fingerprint density at radius 3 is 2.59 bits per heavy atom. The van der Waals surface area contributed by atoms with Crippen LogP contribution in [0.15, 0.2) is 18.2 Å². The number of hydrogen-bond donors (Lipinski definition) is 1. The molecular weight excluding hydrogens is 214 g/mol. The van der Waals surface area contributed by atoms with Crippen molar-refractivity contribution in [3.63, 3.8) is 0 Å². The molecule has 1 amide bonds. The molecule has 0 aromatic heterocycles. The zero-order valence-electron chi connectivity index (χ0n) is 10.4. The van der Waals surface area contributed by atoms with Crippen molar-refractivity contribution >= 4 is 5.91 Å².